The minimum Gasteiger partial charge on any atom is -0.394 e. The highest BCUT2D eigenvalue weighted by molar-refractivity contribution is 14.1. The number of carbonyl (C=O) groups excluding carboxylic acids is 6. The Kier molecular flexibility index (Phi) is 17.7. The first-order valence-electron chi connectivity index (χ1n) is 23.5. The fourth-order valence-electron chi connectivity index (χ4n) is 9.39. The van der Waals surface area contributed by atoms with Crippen LogP contribution in [0.15, 0.2) is 36.9 Å². The molecule has 2 aromatic heterocycles. The average molecular weight is 1050 g/mol. The Hall–Kier alpha value is -4.84. The van der Waals surface area contributed by atoms with Crippen molar-refractivity contribution in [2.45, 2.75) is 139 Å². The van der Waals surface area contributed by atoms with Crippen LogP contribution >= 0.6 is 22.6 Å². The van der Waals surface area contributed by atoms with Gasteiger partial charge >= 0.3 is 0 Å². The smallest absolute Gasteiger partial charge is 0.275 e. The highest BCUT2D eigenvalue weighted by atomic mass is 127. The lowest BCUT2D eigenvalue weighted by molar-refractivity contribution is -0.922. The van der Waals surface area contributed by atoms with Crippen LogP contribution in [0.4, 0.5) is 11.5 Å². The van der Waals surface area contributed by atoms with Crippen LogP contribution in [-0.2, 0) is 40.0 Å². The summed E-state index contributed by atoms with van der Waals surface area (Å²) in [4.78, 5) is 96.3. The number of alkyl halides is 1. The minimum atomic E-state index is -1.02. The topological polar surface area (TPSA) is 270 Å². The molecule has 6 amide bonds. The van der Waals surface area contributed by atoms with Crippen molar-refractivity contribution in [3.05, 3.63) is 42.5 Å². The number of benzene rings is 1. The summed E-state index contributed by atoms with van der Waals surface area (Å²) in [5.41, 5.74) is 2.46. The van der Waals surface area contributed by atoms with Gasteiger partial charge in [0.25, 0.3) is 5.91 Å². The Morgan fingerprint density at radius 1 is 1.01 bits per heavy atom. The number of imide groups is 1. The van der Waals surface area contributed by atoms with E-state index in [0.717, 1.165) is 57.2 Å². The maximum atomic E-state index is 13.6. The fourth-order valence-corrected chi connectivity index (χ4v) is 10.3. The Labute approximate surface area is 404 Å². The van der Waals surface area contributed by atoms with Gasteiger partial charge in [-0.05, 0) is 37.8 Å². The molecule has 0 saturated carbocycles. The van der Waals surface area contributed by atoms with E-state index in [2.05, 4.69) is 76.0 Å². The first-order chi connectivity index (χ1) is 32.0. The van der Waals surface area contributed by atoms with E-state index in [-0.39, 0.29) is 66.0 Å². The number of fused-ring (bicyclic) bond motifs is 1. The van der Waals surface area contributed by atoms with E-state index in [9.17, 15) is 39.0 Å². The summed E-state index contributed by atoms with van der Waals surface area (Å²) in [6.45, 7) is 11.1. The third-order valence-corrected chi connectivity index (χ3v) is 15.4. The number of nitrogens with zero attached hydrogens (tertiary/aromatic N) is 5. The molecule has 0 aliphatic carbocycles. The van der Waals surface area contributed by atoms with Gasteiger partial charge in [0.15, 0.2) is 24.2 Å². The van der Waals surface area contributed by atoms with Crippen molar-refractivity contribution in [3.63, 3.8) is 0 Å². The summed E-state index contributed by atoms with van der Waals surface area (Å²) < 4.78 is 6.22. The van der Waals surface area contributed by atoms with E-state index in [1.807, 2.05) is 19.1 Å². The molecule has 3 aliphatic rings. The van der Waals surface area contributed by atoms with Crippen LogP contribution in [0.2, 0.25) is 0 Å². The highest BCUT2D eigenvalue weighted by Crippen LogP contribution is 2.43. The number of anilines is 2. The lowest BCUT2D eigenvalue weighted by Crippen LogP contribution is -2.60. The van der Waals surface area contributed by atoms with Crippen molar-refractivity contribution in [2.24, 2.45) is 11.8 Å². The summed E-state index contributed by atoms with van der Waals surface area (Å²) in [7, 11) is 0. The van der Waals surface area contributed by atoms with E-state index >= 15 is 0 Å². The van der Waals surface area contributed by atoms with Gasteiger partial charge in [0.1, 0.15) is 42.7 Å². The number of amides is 6. The Morgan fingerprint density at radius 3 is 2.42 bits per heavy atom. The van der Waals surface area contributed by atoms with E-state index in [4.69, 9.17) is 4.74 Å². The van der Waals surface area contributed by atoms with Crippen molar-refractivity contribution in [2.75, 3.05) is 43.4 Å². The molecule has 2 unspecified atom stereocenters. The number of hydrogen-bond acceptors (Lipinski definition) is 13. The number of hydrogen-bond donors (Lipinski definition) is 8. The van der Waals surface area contributed by atoms with E-state index in [1.165, 1.54) is 17.6 Å². The van der Waals surface area contributed by atoms with Crippen LogP contribution in [0.3, 0.4) is 0 Å². The molecule has 0 radical (unpaired) electrons. The van der Waals surface area contributed by atoms with Gasteiger partial charge in [-0.25, -0.2) is 15.0 Å². The van der Waals surface area contributed by atoms with Gasteiger partial charge in [-0.3, -0.25) is 33.7 Å². The van der Waals surface area contributed by atoms with Crippen LogP contribution in [0.1, 0.15) is 98.0 Å². The third kappa shape index (κ3) is 12.8. The molecule has 3 fully saturated rings. The van der Waals surface area contributed by atoms with Gasteiger partial charge in [-0.15, -0.1) is 0 Å². The molecule has 0 spiro atoms. The molecule has 6 rings (SSSR count). The lowest BCUT2D eigenvalue weighted by atomic mass is 9.84. The number of rotatable bonds is 22. The number of carbonyl (C=O) groups is 6. The molecule has 20 nitrogen and oxygen atoms in total. The Balaban J connectivity index is 0.962. The first kappa shape index (κ1) is 51.5. The monoisotopic (exact) mass is 1040 g/mol. The van der Waals surface area contributed by atoms with Crippen molar-refractivity contribution < 1.29 is 48.2 Å². The quantitative estimate of drug-likeness (QED) is 0.0312. The molecule has 3 aliphatic heterocycles. The molecule has 3 saturated heterocycles. The average Bonchev–Trinajstić information content (AvgIpc) is 4.04. The number of aliphatic hydroxyl groups excluding tert-OH is 2. The zero-order chi connectivity index (χ0) is 48.5. The molecule has 67 heavy (non-hydrogen) atoms. The molecular formula is C46H67IN11O9+. The van der Waals surface area contributed by atoms with Gasteiger partial charge in [0.05, 0.1) is 38.0 Å². The number of likely N-dealkylation sites (tertiary alicyclic amines) is 2. The maximum absolute atomic E-state index is 13.6. The molecule has 0 bridgehead atoms. The number of H-pyrrole nitrogens is 1. The van der Waals surface area contributed by atoms with Gasteiger partial charge < -0.3 is 51.0 Å². The molecule has 8 atom stereocenters. The van der Waals surface area contributed by atoms with E-state index in [0.29, 0.717) is 33.7 Å². The number of halogens is 1. The minimum absolute atomic E-state index is 0.0690. The van der Waals surface area contributed by atoms with Crippen LogP contribution in [0.25, 0.3) is 11.2 Å². The van der Waals surface area contributed by atoms with Crippen LogP contribution in [0.5, 0.6) is 0 Å². The van der Waals surface area contributed by atoms with Gasteiger partial charge in [-0.2, -0.15) is 0 Å². The SMILES string of the molecule is CCCCC(I)(CC)C1CC(=O)N(CCC(=O)N[C@H](C(=O)N[C@@H](C)C(=O)Nc2ccc(C[N+]3(CC(=O)N[C@@H]4C[C@H](O)[C@@H](Nc5ncnc6nc[nH]c56)O[C@H]4CO)CCCC3)cc2)C(C)C)C1=O. The number of nitrogens with one attached hydrogen (secondary N) is 6. The van der Waals surface area contributed by atoms with Crippen LogP contribution < -0.4 is 26.6 Å². The standard InChI is InChI=1S/C46H66IN11O9/c1-6-8-16-46(47,7-2)31-20-37(63)57(45(31)66)17-15-35(61)55-38(27(3)4)43(65)52-28(5)42(64)53-30-13-11-29(12-14-30)22-58(18-9-10-19-58)23-36(62)54-32-21-33(60)44(67-34(32)24-59)56-41-39-40(49-25-48-39)50-26-51-41/h11-14,25-28,31-34,38,44,59-60H,6-10,15-24H2,1-5H3,(H5-,48,49,50,51,52,53,54,55,56,61,62,64,65)/p+1/t28-,31?,32+,33-,34-,38-,44-,46?/m0/s1. The number of aromatic amines is 1. The number of aliphatic hydroxyl groups is 2. The maximum Gasteiger partial charge on any atom is 0.275 e. The highest BCUT2D eigenvalue weighted by Gasteiger charge is 2.49. The zero-order valence-corrected chi connectivity index (χ0v) is 41.2. The second-order valence-electron chi connectivity index (χ2n) is 18.6. The number of quaternary nitrogens is 1. The number of ether oxygens (including phenoxy) is 1. The second kappa shape index (κ2) is 23.0. The lowest BCUT2D eigenvalue weighted by Gasteiger charge is -2.40. The van der Waals surface area contributed by atoms with Crippen molar-refractivity contribution in [3.8, 4) is 0 Å². The zero-order valence-electron chi connectivity index (χ0n) is 39.1. The van der Waals surface area contributed by atoms with Crippen LogP contribution in [0, 0.1) is 11.8 Å². The third-order valence-electron chi connectivity index (χ3n) is 13.4. The molecule has 5 heterocycles. The molecule has 21 heteroatoms. The number of aromatic nitrogens is 4. The summed E-state index contributed by atoms with van der Waals surface area (Å²) in [5.74, 6) is -2.60. The predicted molar refractivity (Wildman–Crippen MR) is 257 cm³/mol. The van der Waals surface area contributed by atoms with E-state index in [1.54, 1.807) is 32.9 Å². The van der Waals surface area contributed by atoms with Crippen molar-refractivity contribution in [1.82, 2.24) is 40.8 Å². The molecule has 1 aromatic carbocycles. The van der Waals surface area contributed by atoms with E-state index < -0.39 is 60.2 Å². The normalized spacial score (nSPS) is 23.4. The summed E-state index contributed by atoms with van der Waals surface area (Å²) in [6, 6.07) is 4.79. The second-order valence-corrected chi connectivity index (χ2v) is 20.8. The van der Waals surface area contributed by atoms with Gasteiger partial charge in [0, 0.05) is 53.3 Å². The fraction of sp³-hybridized carbons (Fsp3) is 0.630. The first-order valence-corrected chi connectivity index (χ1v) is 24.6. The summed E-state index contributed by atoms with van der Waals surface area (Å²) >= 11 is 2.33. The predicted octanol–water partition coefficient (Wildman–Crippen LogP) is 2.65. The molecule has 8 N–H and O–H groups in total. The van der Waals surface area contributed by atoms with Gasteiger partial charge in [-0.1, -0.05) is 75.3 Å². The Morgan fingerprint density at radius 2 is 1.75 bits per heavy atom. The summed E-state index contributed by atoms with van der Waals surface area (Å²) in [6.07, 6.45) is 5.69. The largest absolute Gasteiger partial charge is 0.394 e. The molecular weight excluding hydrogens is 977 g/mol. The van der Waals surface area contributed by atoms with Crippen molar-refractivity contribution >= 4 is 80.7 Å². The van der Waals surface area contributed by atoms with Gasteiger partial charge in [0.2, 0.25) is 29.5 Å². The number of imidazole rings is 1. The Bertz CT molecular complexity index is 2220. The molecule has 366 valence electrons. The summed E-state index contributed by atoms with van der Waals surface area (Å²) in [5, 5.41) is 35.6. The molecule has 3 aromatic rings. The number of unbranched alkanes of at least 4 members (excludes halogenated alkanes) is 1. The van der Waals surface area contributed by atoms with Crippen molar-refractivity contribution in [1.29, 1.82) is 0 Å². The van der Waals surface area contributed by atoms with Crippen LogP contribution in [-0.4, -0.2) is 148 Å².